The predicted octanol–water partition coefficient (Wildman–Crippen LogP) is 2.96. The van der Waals surface area contributed by atoms with Gasteiger partial charge >= 0.3 is 0 Å². The van der Waals surface area contributed by atoms with Crippen LogP contribution in [0.15, 0.2) is 18.2 Å². The number of methoxy groups -OCH3 is 1. The van der Waals surface area contributed by atoms with Crippen molar-refractivity contribution in [3.05, 3.63) is 24.0 Å². The third-order valence-electron chi connectivity index (χ3n) is 3.46. The van der Waals surface area contributed by atoms with Crippen molar-refractivity contribution >= 4 is 28.5 Å². The molecule has 114 valence electrons. The van der Waals surface area contributed by atoms with Gasteiger partial charge in [-0.25, -0.2) is 4.98 Å². The van der Waals surface area contributed by atoms with E-state index in [1.165, 1.54) is 0 Å². The molecular formula is C15H20ClN3O2. The van der Waals surface area contributed by atoms with E-state index in [0.717, 1.165) is 16.8 Å². The lowest BCUT2D eigenvalue weighted by molar-refractivity contribution is -0.119. The Labute approximate surface area is 129 Å². The van der Waals surface area contributed by atoms with Crippen LogP contribution in [0.1, 0.15) is 38.4 Å². The number of benzene rings is 1. The second-order valence-corrected chi connectivity index (χ2v) is 6.39. The SMILES string of the molecule is COc1ccc2c(c1)nc(C(C)Cl)n2C(C)(C)CC(N)=O. The van der Waals surface area contributed by atoms with Gasteiger partial charge in [0.05, 0.1) is 23.5 Å². The number of hydrogen-bond donors (Lipinski definition) is 1. The summed E-state index contributed by atoms with van der Waals surface area (Å²) >= 11 is 6.27. The van der Waals surface area contributed by atoms with Crippen molar-refractivity contribution in [3.63, 3.8) is 0 Å². The van der Waals surface area contributed by atoms with E-state index in [-0.39, 0.29) is 17.7 Å². The van der Waals surface area contributed by atoms with Crippen molar-refractivity contribution in [1.29, 1.82) is 0 Å². The Morgan fingerprint density at radius 2 is 2.19 bits per heavy atom. The Balaban J connectivity index is 2.69. The molecular weight excluding hydrogens is 290 g/mol. The molecule has 1 aromatic heterocycles. The number of rotatable bonds is 5. The van der Waals surface area contributed by atoms with Crippen molar-refractivity contribution in [1.82, 2.24) is 9.55 Å². The number of imidazole rings is 1. The van der Waals surface area contributed by atoms with E-state index in [9.17, 15) is 4.79 Å². The van der Waals surface area contributed by atoms with Crippen LogP contribution in [0.5, 0.6) is 5.75 Å². The second-order valence-electron chi connectivity index (χ2n) is 5.73. The Morgan fingerprint density at radius 1 is 1.52 bits per heavy atom. The van der Waals surface area contributed by atoms with Gasteiger partial charge < -0.3 is 15.0 Å². The summed E-state index contributed by atoms with van der Waals surface area (Å²) < 4.78 is 7.22. The molecule has 1 heterocycles. The Bertz CT molecular complexity index is 677. The van der Waals surface area contributed by atoms with E-state index < -0.39 is 5.54 Å². The van der Waals surface area contributed by atoms with Crippen molar-refractivity contribution in [3.8, 4) is 5.75 Å². The minimum atomic E-state index is -0.506. The van der Waals surface area contributed by atoms with Crippen molar-refractivity contribution in [2.45, 2.75) is 38.1 Å². The first kappa shape index (κ1) is 15.6. The normalized spacial score (nSPS) is 13.4. The topological polar surface area (TPSA) is 70.1 Å². The molecule has 0 aliphatic heterocycles. The van der Waals surface area contributed by atoms with Crippen LogP contribution in [0, 0.1) is 0 Å². The minimum Gasteiger partial charge on any atom is -0.497 e. The van der Waals surface area contributed by atoms with Crippen LogP contribution in [0.4, 0.5) is 0 Å². The molecule has 1 amide bonds. The van der Waals surface area contributed by atoms with E-state index in [2.05, 4.69) is 4.98 Å². The number of primary amides is 1. The average molecular weight is 310 g/mol. The van der Waals surface area contributed by atoms with Gasteiger partial charge in [0, 0.05) is 18.0 Å². The lowest BCUT2D eigenvalue weighted by atomic mass is 9.99. The summed E-state index contributed by atoms with van der Waals surface area (Å²) in [5.74, 6) is 1.09. The van der Waals surface area contributed by atoms with Crippen molar-refractivity contribution in [2.75, 3.05) is 7.11 Å². The van der Waals surface area contributed by atoms with Gasteiger partial charge in [-0.2, -0.15) is 0 Å². The van der Waals surface area contributed by atoms with E-state index in [1.807, 2.05) is 43.5 Å². The maximum absolute atomic E-state index is 11.4. The van der Waals surface area contributed by atoms with E-state index >= 15 is 0 Å². The number of carbonyl (C=O) groups is 1. The fourth-order valence-corrected chi connectivity index (χ4v) is 2.76. The third-order valence-corrected chi connectivity index (χ3v) is 3.65. The first-order valence-corrected chi connectivity index (χ1v) is 7.19. The maximum atomic E-state index is 11.4. The summed E-state index contributed by atoms with van der Waals surface area (Å²) in [5.41, 5.74) is 6.56. The summed E-state index contributed by atoms with van der Waals surface area (Å²) in [6.45, 7) is 5.76. The van der Waals surface area contributed by atoms with Gasteiger partial charge in [0.25, 0.3) is 0 Å². The lowest BCUT2D eigenvalue weighted by Crippen LogP contribution is -2.33. The number of alkyl halides is 1. The zero-order valence-corrected chi connectivity index (χ0v) is 13.4. The second kappa shape index (κ2) is 5.56. The molecule has 1 aromatic carbocycles. The smallest absolute Gasteiger partial charge is 0.219 e. The molecule has 0 spiro atoms. The number of aromatic nitrogens is 2. The van der Waals surface area contributed by atoms with Gasteiger partial charge in [0.2, 0.25) is 5.91 Å². The molecule has 0 aliphatic rings. The molecule has 2 aromatic rings. The Morgan fingerprint density at radius 3 is 2.71 bits per heavy atom. The van der Waals surface area contributed by atoms with E-state index in [1.54, 1.807) is 7.11 Å². The minimum absolute atomic E-state index is 0.209. The standard InChI is InChI=1S/C15H20ClN3O2/c1-9(16)14-18-11-7-10(21-4)5-6-12(11)19(14)15(2,3)8-13(17)20/h5-7,9H,8H2,1-4H3,(H2,17,20). The zero-order valence-electron chi connectivity index (χ0n) is 12.7. The molecule has 2 rings (SSSR count). The van der Waals surface area contributed by atoms with E-state index in [4.69, 9.17) is 22.1 Å². The largest absolute Gasteiger partial charge is 0.497 e. The van der Waals surface area contributed by atoms with Crippen LogP contribution in [0.3, 0.4) is 0 Å². The van der Waals surface area contributed by atoms with Crippen LogP contribution in [0.25, 0.3) is 11.0 Å². The predicted molar refractivity (Wildman–Crippen MR) is 83.7 cm³/mol. The van der Waals surface area contributed by atoms with Crippen LogP contribution < -0.4 is 10.5 Å². The fourth-order valence-electron chi connectivity index (χ4n) is 2.61. The maximum Gasteiger partial charge on any atom is 0.219 e. The van der Waals surface area contributed by atoms with E-state index in [0.29, 0.717) is 5.82 Å². The van der Waals surface area contributed by atoms with Crippen LogP contribution in [-0.2, 0) is 10.3 Å². The van der Waals surface area contributed by atoms with Crippen LogP contribution >= 0.6 is 11.6 Å². The molecule has 2 N–H and O–H groups in total. The molecule has 0 radical (unpaired) electrons. The van der Waals surface area contributed by atoms with Gasteiger partial charge in [-0.05, 0) is 32.9 Å². The van der Waals surface area contributed by atoms with Crippen molar-refractivity contribution < 1.29 is 9.53 Å². The lowest BCUT2D eigenvalue weighted by Gasteiger charge is -2.29. The van der Waals surface area contributed by atoms with Crippen LogP contribution in [0.2, 0.25) is 0 Å². The average Bonchev–Trinajstić information content (AvgIpc) is 2.76. The monoisotopic (exact) mass is 309 g/mol. The molecule has 0 saturated heterocycles. The fraction of sp³-hybridized carbons (Fsp3) is 0.467. The highest BCUT2D eigenvalue weighted by atomic mass is 35.5. The molecule has 0 fully saturated rings. The number of carbonyl (C=O) groups excluding carboxylic acids is 1. The molecule has 5 nitrogen and oxygen atoms in total. The zero-order chi connectivity index (χ0) is 15.8. The molecule has 1 atom stereocenters. The number of amides is 1. The number of fused-ring (bicyclic) bond motifs is 1. The molecule has 21 heavy (non-hydrogen) atoms. The van der Waals surface area contributed by atoms with Gasteiger partial charge in [0.1, 0.15) is 11.6 Å². The Hall–Kier alpha value is -1.75. The number of ether oxygens (including phenoxy) is 1. The molecule has 6 heteroatoms. The number of halogens is 1. The first-order chi connectivity index (χ1) is 9.76. The van der Waals surface area contributed by atoms with Gasteiger partial charge in [-0.3, -0.25) is 4.79 Å². The summed E-state index contributed by atoms with van der Waals surface area (Å²) in [6.07, 6.45) is 0.209. The summed E-state index contributed by atoms with van der Waals surface area (Å²) in [4.78, 5) is 16.0. The van der Waals surface area contributed by atoms with Gasteiger partial charge in [-0.1, -0.05) is 0 Å². The van der Waals surface area contributed by atoms with Crippen molar-refractivity contribution in [2.24, 2.45) is 5.73 Å². The summed E-state index contributed by atoms with van der Waals surface area (Å²) in [5, 5.41) is -0.282. The molecule has 0 aliphatic carbocycles. The number of hydrogen-bond acceptors (Lipinski definition) is 3. The van der Waals surface area contributed by atoms with Crippen LogP contribution in [-0.4, -0.2) is 22.6 Å². The highest BCUT2D eigenvalue weighted by Crippen LogP contribution is 2.33. The number of nitrogens with two attached hydrogens (primary N) is 1. The highest BCUT2D eigenvalue weighted by Gasteiger charge is 2.29. The number of nitrogens with zero attached hydrogens (tertiary/aromatic N) is 2. The molecule has 0 saturated carbocycles. The summed E-state index contributed by atoms with van der Waals surface area (Å²) in [7, 11) is 1.61. The third kappa shape index (κ3) is 2.97. The highest BCUT2D eigenvalue weighted by molar-refractivity contribution is 6.20. The van der Waals surface area contributed by atoms with Gasteiger partial charge in [-0.15, -0.1) is 11.6 Å². The first-order valence-electron chi connectivity index (χ1n) is 6.75. The Kier molecular flexibility index (Phi) is 4.14. The molecule has 1 unspecified atom stereocenters. The summed E-state index contributed by atoms with van der Waals surface area (Å²) in [6, 6.07) is 5.64. The quantitative estimate of drug-likeness (QED) is 0.863. The molecule has 0 bridgehead atoms. The van der Waals surface area contributed by atoms with Gasteiger partial charge in [0.15, 0.2) is 0 Å².